The van der Waals surface area contributed by atoms with Crippen LogP contribution < -0.4 is 4.90 Å². The first-order chi connectivity index (χ1) is 10.6. The highest BCUT2D eigenvalue weighted by Gasteiger charge is 2.31. The number of anilines is 1. The van der Waals surface area contributed by atoms with Crippen molar-refractivity contribution in [2.24, 2.45) is 0 Å². The topological polar surface area (TPSA) is 69.6 Å². The third kappa shape index (κ3) is 3.14. The van der Waals surface area contributed by atoms with Crippen LogP contribution in [-0.4, -0.2) is 64.4 Å². The highest BCUT2D eigenvalue weighted by Crippen LogP contribution is 2.18. The summed E-state index contributed by atoms with van der Waals surface area (Å²) in [5, 5.41) is 0.296. The minimum atomic E-state index is -0.147. The first-order valence-electron chi connectivity index (χ1n) is 7.47. The first kappa shape index (κ1) is 15.0. The summed E-state index contributed by atoms with van der Waals surface area (Å²) < 4.78 is 0. The number of hydrogen-bond acceptors (Lipinski definition) is 4. The zero-order chi connectivity index (χ0) is 15.5. The molecule has 0 atom stereocenters. The molecule has 2 saturated heterocycles. The Morgan fingerprint density at radius 3 is 2.50 bits per heavy atom. The lowest BCUT2D eigenvalue weighted by Gasteiger charge is -2.37. The van der Waals surface area contributed by atoms with Gasteiger partial charge in [0, 0.05) is 32.2 Å². The molecule has 1 aromatic heterocycles. The van der Waals surface area contributed by atoms with Crippen molar-refractivity contribution in [3.63, 3.8) is 0 Å². The van der Waals surface area contributed by atoms with Gasteiger partial charge >= 0.3 is 6.03 Å². The van der Waals surface area contributed by atoms with E-state index in [-0.39, 0.29) is 18.5 Å². The molecule has 2 aliphatic heterocycles. The Labute approximate surface area is 133 Å². The lowest BCUT2D eigenvalue weighted by molar-refractivity contribution is -0.120. The van der Waals surface area contributed by atoms with Crippen molar-refractivity contribution in [1.82, 2.24) is 19.8 Å². The number of carbonyl (C=O) groups excluding carboxylic acids is 2. The summed E-state index contributed by atoms with van der Waals surface area (Å²) in [6.45, 7) is 2.58. The van der Waals surface area contributed by atoms with E-state index in [1.54, 1.807) is 15.9 Å². The van der Waals surface area contributed by atoms with E-state index in [4.69, 9.17) is 11.6 Å². The van der Waals surface area contributed by atoms with Crippen molar-refractivity contribution in [1.29, 1.82) is 0 Å². The molecule has 0 aliphatic carbocycles. The van der Waals surface area contributed by atoms with Crippen molar-refractivity contribution >= 4 is 29.4 Å². The van der Waals surface area contributed by atoms with Gasteiger partial charge in [0.2, 0.25) is 5.91 Å². The van der Waals surface area contributed by atoms with Gasteiger partial charge in [-0.15, -0.1) is 0 Å². The van der Waals surface area contributed by atoms with E-state index in [0.717, 1.165) is 25.9 Å². The number of piperidine rings is 1. The third-order valence-corrected chi connectivity index (χ3v) is 4.22. The van der Waals surface area contributed by atoms with Crippen LogP contribution in [-0.2, 0) is 4.79 Å². The van der Waals surface area contributed by atoms with Gasteiger partial charge in [0.1, 0.15) is 23.8 Å². The maximum atomic E-state index is 12.4. The van der Waals surface area contributed by atoms with Gasteiger partial charge in [-0.2, -0.15) is 0 Å². The molecule has 2 aliphatic rings. The molecule has 7 nitrogen and oxygen atoms in total. The molecular formula is C14H18ClN5O2. The smallest absolute Gasteiger partial charge is 0.320 e. The zero-order valence-corrected chi connectivity index (χ0v) is 13.0. The van der Waals surface area contributed by atoms with Crippen molar-refractivity contribution in [2.75, 3.05) is 37.6 Å². The second-order valence-electron chi connectivity index (χ2n) is 5.50. The first-order valence-corrected chi connectivity index (χ1v) is 7.85. The summed E-state index contributed by atoms with van der Waals surface area (Å²) in [4.78, 5) is 37.6. The number of halogens is 1. The maximum Gasteiger partial charge on any atom is 0.320 e. The molecule has 2 fully saturated rings. The van der Waals surface area contributed by atoms with Gasteiger partial charge in [0.15, 0.2) is 0 Å². The minimum Gasteiger partial charge on any atom is -0.325 e. The number of aromatic nitrogens is 2. The van der Waals surface area contributed by atoms with Crippen LogP contribution in [0.3, 0.4) is 0 Å². The van der Waals surface area contributed by atoms with Crippen LogP contribution in [0.25, 0.3) is 0 Å². The second kappa shape index (κ2) is 6.48. The van der Waals surface area contributed by atoms with Crippen molar-refractivity contribution < 1.29 is 9.59 Å². The average Bonchev–Trinajstić information content (AvgIpc) is 2.55. The monoisotopic (exact) mass is 323 g/mol. The molecule has 1 aromatic rings. The molecule has 0 bridgehead atoms. The van der Waals surface area contributed by atoms with Gasteiger partial charge in [-0.1, -0.05) is 11.6 Å². The Bertz CT molecular complexity index is 576. The van der Waals surface area contributed by atoms with Crippen molar-refractivity contribution in [2.45, 2.75) is 19.3 Å². The number of piperazine rings is 1. The summed E-state index contributed by atoms with van der Waals surface area (Å²) in [6.07, 6.45) is 4.58. The van der Waals surface area contributed by atoms with Crippen LogP contribution in [0.15, 0.2) is 12.4 Å². The fourth-order valence-corrected chi connectivity index (χ4v) is 2.98. The van der Waals surface area contributed by atoms with Gasteiger partial charge in [-0.3, -0.25) is 9.69 Å². The molecular weight excluding hydrogens is 306 g/mol. The highest BCUT2D eigenvalue weighted by atomic mass is 35.5. The summed E-state index contributed by atoms with van der Waals surface area (Å²) in [5.74, 6) is 0.335. The molecule has 118 valence electrons. The van der Waals surface area contributed by atoms with E-state index in [1.165, 1.54) is 12.7 Å². The summed E-state index contributed by atoms with van der Waals surface area (Å²) in [7, 11) is 0. The number of carbonyl (C=O) groups is 2. The Balaban J connectivity index is 1.64. The van der Waals surface area contributed by atoms with Gasteiger partial charge in [0.05, 0.1) is 0 Å². The number of nitrogens with zero attached hydrogens (tertiary/aromatic N) is 5. The lowest BCUT2D eigenvalue weighted by Crippen LogP contribution is -2.56. The van der Waals surface area contributed by atoms with E-state index in [0.29, 0.717) is 24.1 Å². The van der Waals surface area contributed by atoms with Crippen LogP contribution in [0.2, 0.25) is 5.15 Å². The minimum absolute atomic E-state index is 0.0339. The summed E-state index contributed by atoms with van der Waals surface area (Å²) in [5.41, 5.74) is 0. The normalized spacial score (nSPS) is 19.5. The van der Waals surface area contributed by atoms with Gasteiger partial charge in [-0.25, -0.2) is 14.8 Å². The molecule has 0 aromatic carbocycles. The van der Waals surface area contributed by atoms with Crippen LogP contribution in [0.4, 0.5) is 10.6 Å². The van der Waals surface area contributed by atoms with Crippen LogP contribution in [0.1, 0.15) is 19.3 Å². The van der Waals surface area contributed by atoms with Crippen LogP contribution in [0.5, 0.6) is 0 Å². The molecule has 3 heterocycles. The number of likely N-dealkylation sites (tertiary alicyclic amines) is 1. The Morgan fingerprint density at radius 1 is 1.05 bits per heavy atom. The lowest BCUT2D eigenvalue weighted by atomic mass is 10.1. The number of hydrogen-bond donors (Lipinski definition) is 0. The van der Waals surface area contributed by atoms with E-state index in [9.17, 15) is 9.59 Å². The Hall–Kier alpha value is -1.89. The number of rotatable bonds is 1. The Kier molecular flexibility index (Phi) is 4.42. The van der Waals surface area contributed by atoms with E-state index < -0.39 is 0 Å². The van der Waals surface area contributed by atoms with E-state index in [2.05, 4.69) is 9.97 Å². The predicted octanol–water partition coefficient (Wildman–Crippen LogP) is 1.38. The van der Waals surface area contributed by atoms with Gasteiger partial charge in [0.25, 0.3) is 0 Å². The molecule has 0 spiro atoms. The third-order valence-electron chi connectivity index (χ3n) is 4.01. The molecule has 0 unspecified atom stereocenters. The van der Waals surface area contributed by atoms with Crippen LogP contribution in [0, 0.1) is 0 Å². The second-order valence-corrected chi connectivity index (χ2v) is 5.88. The maximum absolute atomic E-state index is 12.4. The van der Waals surface area contributed by atoms with Crippen molar-refractivity contribution in [3.05, 3.63) is 17.5 Å². The van der Waals surface area contributed by atoms with Crippen molar-refractivity contribution in [3.8, 4) is 0 Å². The average molecular weight is 324 g/mol. The van der Waals surface area contributed by atoms with Gasteiger partial charge < -0.3 is 9.80 Å². The summed E-state index contributed by atoms with van der Waals surface area (Å²) >= 11 is 5.83. The number of amides is 3. The highest BCUT2D eigenvalue weighted by molar-refractivity contribution is 6.29. The summed E-state index contributed by atoms with van der Waals surface area (Å²) in [6, 6.07) is 1.52. The molecule has 3 rings (SSSR count). The fraction of sp³-hybridized carbons (Fsp3) is 0.571. The Morgan fingerprint density at radius 2 is 1.82 bits per heavy atom. The fourth-order valence-electron chi connectivity index (χ4n) is 2.84. The number of urea groups is 1. The largest absolute Gasteiger partial charge is 0.325 e. The quantitative estimate of drug-likeness (QED) is 0.732. The molecule has 0 N–H and O–H groups in total. The molecule has 0 radical (unpaired) electrons. The molecule has 3 amide bonds. The molecule has 0 saturated carbocycles. The SMILES string of the molecule is O=C(N1CCCCC1)N1CCN(c2cc(Cl)ncn2)C(=O)C1. The predicted molar refractivity (Wildman–Crippen MR) is 81.8 cm³/mol. The zero-order valence-electron chi connectivity index (χ0n) is 12.2. The molecule has 8 heteroatoms. The molecule has 22 heavy (non-hydrogen) atoms. The van der Waals surface area contributed by atoms with E-state index >= 15 is 0 Å². The van der Waals surface area contributed by atoms with E-state index in [1.807, 2.05) is 4.90 Å². The van der Waals surface area contributed by atoms with Crippen LogP contribution >= 0.6 is 11.6 Å². The standard InChI is InChI=1S/C14H18ClN5O2/c15-11-8-12(17-10-16-11)20-7-6-19(9-13(20)21)14(22)18-4-2-1-3-5-18/h8,10H,1-7,9H2. The van der Waals surface area contributed by atoms with Gasteiger partial charge in [-0.05, 0) is 19.3 Å².